The third-order valence-corrected chi connectivity index (χ3v) is 2.28. The Morgan fingerprint density at radius 1 is 1.46 bits per heavy atom. The number of nitrogens with zero attached hydrogens (tertiary/aromatic N) is 1. The third-order valence-electron chi connectivity index (χ3n) is 1.68. The maximum Gasteiger partial charge on any atom is 0.292 e. The molecular formula is C7H6Cl2N2O2. The number of nitrogens with two attached hydrogens (primary N) is 1. The largest absolute Gasteiger partial charge is 0.397 e. The van der Waals surface area contributed by atoms with Gasteiger partial charge in [0.25, 0.3) is 5.69 Å². The highest BCUT2D eigenvalue weighted by molar-refractivity contribution is 6.37. The van der Waals surface area contributed by atoms with E-state index < -0.39 is 4.92 Å². The Morgan fingerprint density at radius 3 is 2.46 bits per heavy atom. The first-order valence-corrected chi connectivity index (χ1v) is 4.09. The lowest BCUT2D eigenvalue weighted by Gasteiger charge is -2.04. The SMILES string of the molecule is Cc1c(N)c(Cl)cc(Cl)c1[N+](=O)[O-]. The van der Waals surface area contributed by atoms with Crippen LogP contribution in [0.4, 0.5) is 11.4 Å². The molecule has 0 saturated heterocycles. The molecule has 0 aliphatic heterocycles. The molecule has 1 aromatic carbocycles. The molecule has 0 heterocycles. The Labute approximate surface area is 84.4 Å². The standard InChI is InChI=1S/C7H6Cl2N2O2/c1-3-6(10)4(8)2-5(9)7(3)11(12)13/h2H,10H2,1H3. The minimum Gasteiger partial charge on any atom is -0.397 e. The average molecular weight is 221 g/mol. The Hall–Kier alpha value is -1.00. The highest BCUT2D eigenvalue weighted by Gasteiger charge is 2.20. The van der Waals surface area contributed by atoms with Crippen molar-refractivity contribution in [2.75, 3.05) is 5.73 Å². The van der Waals surface area contributed by atoms with E-state index in [4.69, 9.17) is 28.9 Å². The van der Waals surface area contributed by atoms with E-state index in [0.717, 1.165) is 0 Å². The van der Waals surface area contributed by atoms with E-state index in [2.05, 4.69) is 0 Å². The van der Waals surface area contributed by atoms with Gasteiger partial charge in [-0.25, -0.2) is 0 Å². The van der Waals surface area contributed by atoms with Crippen LogP contribution in [0.1, 0.15) is 5.56 Å². The van der Waals surface area contributed by atoms with Crippen molar-refractivity contribution >= 4 is 34.6 Å². The maximum atomic E-state index is 10.5. The number of nitrogen functional groups attached to an aromatic ring is 1. The van der Waals surface area contributed by atoms with Crippen LogP contribution in [0.5, 0.6) is 0 Å². The lowest BCUT2D eigenvalue weighted by atomic mass is 10.1. The van der Waals surface area contributed by atoms with Gasteiger partial charge in [0.2, 0.25) is 0 Å². The van der Waals surface area contributed by atoms with Gasteiger partial charge in [-0.1, -0.05) is 23.2 Å². The summed E-state index contributed by atoms with van der Waals surface area (Å²) < 4.78 is 0. The van der Waals surface area contributed by atoms with Crippen LogP contribution >= 0.6 is 23.2 Å². The number of anilines is 1. The molecule has 70 valence electrons. The smallest absolute Gasteiger partial charge is 0.292 e. The number of rotatable bonds is 1. The Bertz CT molecular complexity index is 379. The van der Waals surface area contributed by atoms with Gasteiger partial charge in [-0.3, -0.25) is 10.1 Å². The molecule has 0 spiro atoms. The zero-order valence-electron chi connectivity index (χ0n) is 6.67. The van der Waals surface area contributed by atoms with E-state index in [1.165, 1.54) is 13.0 Å². The van der Waals surface area contributed by atoms with Gasteiger partial charge in [0.1, 0.15) is 5.02 Å². The predicted molar refractivity (Wildman–Crippen MR) is 52.3 cm³/mol. The van der Waals surface area contributed by atoms with Gasteiger partial charge in [-0.05, 0) is 13.0 Å². The first kappa shape index (κ1) is 10.1. The molecule has 13 heavy (non-hydrogen) atoms. The van der Waals surface area contributed by atoms with Crippen LogP contribution in [0, 0.1) is 17.0 Å². The summed E-state index contributed by atoms with van der Waals surface area (Å²) in [6.45, 7) is 1.51. The molecule has 0 aliphatic carbocycles. The molecule has 1 aromatic rings. The monoisotopic (exact) mass is 220 g/mol. The zero-order chi connectivity index (χ0) is 10.2. The van der Waals surface area contributed by atoms with E-state index in [1.807, 2.05) is 0 Å². The second-order valence-corrected chi connectivity index (χ2v) is 3.30. The van der Waals surface area contributed by atoms with Gasteiger partial charge in [-0.15, -0.1) is 0 Å². The lowest BCUT2D eigenvalue weighted by molar-refractivity contribution is -0.385. The topological polar surface area (TPSA) is 69.2 Å². The number of benzene rings is 1. The third kappa shape index (κ3) is 1.68. The number of nitro groups is 1. The Balaban J connectivity index is 3.53. The van der Waals surface area contributed by atoms with Gasteiger partial charge >= 0.3 is 0 Å². The van der Waals surface area contributed by atoms with Crippen LogP contribution < -0.4 is 5.73 Å². The normalized spacial score (nSPS) is 10.1. The number of hydrogen-bond acceptors (Lipinski definition) is 3. The molecule has 0 fully saturated rings. The Kier molecular flexibility index (Phi) is 2.63. The summed E-state index contributed by atoms with van der Waals surface area (Å²) in [6, 6.07) is 1.27. The lowest BCUT2D eigenvalue weighted by Crippen LogP contribution is -1.98. The average Bonchev–Trinajstić information content (AvgIpc) is 1.99. The molecule has 0 atom stereocenters. The summed E-state index contributed by atoms with van der Waals surface area (Å²) in [5.41, 5.74) is 5.79. The van der Waals surface area contributed by atoms with Crippen LogP contribution in [0.25, 0.3) is 0 Å². The molecule has 0 aromatic heterocycles. The predicted octanol–water partition coefficient (Wildman–Crippen LogP) is 2.79. The van der Waals surface area contributed by atoms with Crippen molar-refractivity contribution in [3.8, 4) is 0 Å². The van der Waals surface area contributed by atoms with Crippen LogP contribution in [0.15, 0.2) is 6.07 Å². The van der Waals surface area contributed by atoms with E-state index in [0.29, 0.717) is 5.56 Å². The molecule has 0 bridgehead atoms. The summed E-state index contributed by atoms with van der Waals surface area (Å²) >= 11 is 11.3. The van der Waals surface area contributed by atoms with Crippen molar-refractivity contribution in [1.82, 2.24) is 0 Å². The minimum absolute atomic E-state index is 0.00157. The minimum atomic E-state index is -0.579. The summed E-state index contributed by atoms with van der Waals surface area (Å²) in [5, 5.41) is 10.8. The molecule has 6 heteroatoms. The van der Waals surface area contributed by atoms with Crippen LogP contribution in [0.3, 0.4) is 0 Å². The first-order valence-electron chi connectivity index (χ1n) is 3.33. The summed E-state index contributed by atoms with van der Waals surface area (Å²) in [7, 11) is 0. The fourth-order valence-corrected chi connectivity index (χ4v) is 1.59. The fourth-order valence-electron chi connectivity index (χ4n) is 0.967. The molecule has 0 saturated carbocycles. The molecule has 0 amide bonds. The molecular weight excluding hydrogens is 215 g/mol. The van der Waals surface area contributed by atoms with Crippen molar-refractivity contribution in [3.05, 3.63) is 31.8 Å². The molecule has 0 aliphatic rings. The van der Waals surface area contributed by atoms with Gasteiger partial charge in [0.05, 0.1) is 21.2 Å². The van der Waals surface area contributed by atoms with Gasteiger partial charge in [0.15, 0.2) is 0 Å². The van der Waals surface area contributed by atoms with E-state index in [-0.39, 0.29) is 21.4 Å². The van der Waals surface area contributed by atoms with Crippen molar-refractivity contribution in [2.24, 2.45) is 0 Å². The van der Waals surface area contributed by atoms with E-state index in [9.17, 15) is 10.1 Å². The highest BCUT2D eigenvalue weighted by Crippen LogP contribution is 2.36. The van der Waals surface area contributed by atoms with E-state index in [1.54, 1.807) is 0 Å². The number of hydrogen-bond donors (Lipinski definition) is 1. The van der Waals surface area contributed by atoms with Crippen LogP contribution in [0.2, 0.25) is 10.0 Å². The second-order valence-electron chi connectivity index (χ2n) is 2.48. The van der Waals surface area contributed by atoms with Gasteiger partial charge in [0, 0.05) is 0 Å². The summed E-state index contributed by atoms with van der Waals surface area (Å²) in [4.78, 5) is 9.95. The number of halogens is 2. The Morgan fingerprint density at radius 2 is 2.00 bits per heavy atom. The molecule has 2 N–H and O–H groups in total. The molecule has 0 unspecified atom stereocenters. The quantitative estimate of drug-likeness (QED) is 0.450. The van der Waals surface area contributed by atoms with Gasteiger partial charge in [-0.2, -0.15) is 0 Å². The van der Waals surface area contributed by atoms with Crippen LogP contribution in [-0.4, -0.2) is 4.92 Å². The molecule has 1 rings (SSSR count). The summed E-state index contributed by atoms with van der Waals surface area (Å²) in [6.07, 6.45) is 0. The number of nitro benzene ring substituents is 1. The molecule has 4 nitrogen and oxygen atoms in total. The summed E-state index contributed by atoms with van der Waals surface area (Å²) in [5.74, 6) is 0. The highest BCUT2D eigenvalue weighted by atomic mass is 35.5. The van der Waals surface area contributed by atoms with E-state index >= 15 is 0 Å². The second kappa shape index (κ2) is 3.40. The van der Waals surface area contributed by atoms with Crippen LogP contribution in [-0.2, 0) is 0 Å². The fraction of sp³-hybridized carbons (Fsp3) is 0.143. The van der Waals surface area contributed by atoms with Crippen molar-refractivity contribution in [2.45, 2.75) is 6.92 Å². The van der Waals surface area contributed by atoms with Crippen molar-refractivity contribution < 1.29 is 4.92 Å². The van der Waals surface area contributed by atoms with Crippen molar-refractivity contribution in [1.29, 1.82) is 0 Å². The molecule has 0 radical (unpaired) electrons. The zero-order valence-corrected chi connectivity index (χ0v) is 8.19. The van der Waals surface area contributed by atoms with Gasteiger partial charge < -0.3 is 5.73 Å². The van der Waals surface area contributed by atoms with Crippen molar-refractivity contribution in [3.63, 3.8) is 0 Å². The maximum absolute atomic E-state index is 10.5. The first-order chi connectivity index (χ1) is 5.95.